The second-order valence-corrected chi connectivity index (χ2v) is 6.56. The predicted octanol–water partition coefficient (Wildman–Crippen LogP) is 4.18. The maximum Gasteiger partial charge on any atom is 0.251 e. The SMILES string of the molecule is COc1ccc([C@@H](C)NC(=O)c2ccc(N3CCCCC3)cc2)cc1. The first kappa shape index (κ1) is 17.3. The van der Waals surface area contributed by atoms with Gasteiger partial charge in [0.15, 0.2) is 0 Å². The second kappa shape index (κ2) is 8.06. The third-order valence-corrected chi connectivity index (χ3v) is 4.81. The Bertz CT molecular complexity index is 689. The first-order chi connectivity index (χ1) is 12.2. The highest BCUT2D eigenvalue weighted by molar-refractivity contribution is 5.94. The molecule has 0 saturated carbocycles. The number of hydrogen-bond acceptors (Lipinski definition) is 3. The molecule has 4 nitrogen and oxygen atoms in total. The van der Waals surface area contributed by atoms with E-state index in [0.29, 0.717) is 5.56 Å². The smallest absolute Gasteiger partial charge is 0.251 e. The van der Waals surface area contributed by atoms with Crippen LogP contribution in [0.2, 0.25) is 0 Å². The molecule has 1 saturated heterocycles. The lowest BCUT2D eigenvalue weighted by Gasteiger charge is -2.28. The summed E-state index contributed by atoms with van der Waals surface area (Å²) in [5, 5.41) is 3.06. The Morgan fingerprint density at radius 1 is 1.00 bits per heavy atom. The minimum Gasteiger partial charge on any atom is -0.497 e. The molecule has 1 aliphatic heterocycles. The van der Waals surface area contributed by atoms with Crippen molar-refractivity contribution in [2.75, 3.05) is 25.1 Å². The van der Waals surface area contributed by atoms with Gasteiger partial charge in [0.05, 0.1) is 13.2 Å². The summed E-state index contributed by atoms with van der Waals surface area (Å²) in [7, 11) is 1.65. The first-order valence-corrected chi connectivity index (χ1v) is 8.97. The number of carbonyl (C=O) groups excluding carboxylic acids is 1. The van der Waals surface area contributed by atoms with E-state index in [2.05, 4.69) is 22.3 Å². The van der Waals surface area contributed by atoms with Gasteiger partial charge in [0.1, 0.15) is 5.75 Å². The Morgan fingerprint density at radius 3 is 2.24 bits per heavy atom. The molecule has 1 aliphatic rings. The van der Waals surface area contributed by atoms with Gasteiger partial charge in [0.2, 0.25) is 0 Å². The Hall–Kier alpha value is -2.49. The molecule has 2 aromatic rings. The highest BCUT2D eigenvalue weighted by atomic mass is 16.5. The predicted molar refractivity (Wildman–Crippen MR) is 101 cm³/mol. The molecule has 1 heterocycles. The molecule has 0 spiro atoms. The lowest BCUT2D eigenvalue weighted by molar-refractivity contribution is 0.0940. The van der Waals surface area contributed by atoms with Crippen molar-refractivity contribution >= 4 is 11.6 Å². The van der Waals surface area contributed by atoms with Gasteiger partial charge >= 0.3 is 0 Å². The Balaban J connectivity index is 1.61. The lowest BCUT2D eigenvalue weighted by atomic mass is 10.1. The summed E-state index contributed by atoms with van der Waals surface area (Å²) in [4.78, 5) is 14.9. The molecule has 132 valence electrons. The zero-order valence-corrected chi connectivity index (χ0v) is 15.0. The molecule has 0 bridgehead atoms. The summed E-state index contributed by atoms with van der Waals surface area (Å²) in [6.07, 6.45) is 3.82. The number of nitrogens with zero attached hydrogens (tertiary/aromatic N) is 1. The fourth-order valence-electron chi connectivity index (χ4n) is 3.23. The molecule has 25 heavy (non-hydrogen) atoms. The number of amides is 1. The number of benzene rings is 2. The van der Waals surface area contributed by atoms with E-state index in [1.54, 1.807) is 7.11 Å². The van der Waals surface area contributed by atoms with Crippen LogP contribution in [0, 0.1) is 0 Å². The van der Waals surface area contributed by atoms with E-state index in [-0.39, 0.29) is 11.9 Å². The molecular formula is C21H26N2O2. The fraction of sp³-hybridized carbons (Fsp3) is 0.381. The summed E-state index contributed by atoms with van der Waals surface area (Å²) in [5.74, 6) is 0.768. The minimum absolute atomic E-state index is 0.0477. The van der Waals surface area contributed by atoms with Crippen molar-refractivity contribution in [3.05, 3.63) is 59.7 Å². The van der Waals surface area contributed by atoms with Gasteiger partial charge in [-0.3, -0.25) is 4.79 Å². The van der Waals surface area contributed by atoms with E-state index in [4.69, 9.17) is 4.74 Å². The van der Waals surface area contributed by atoms with Gasteiger partial charge in [0.25, 0.3) is 5.91 Å². The quantitative estimate of drug-likeness (QED) is 0.889. The van der Waals surface area contributed by atoms with Crippen molar-refractivity contribution in [2.24, 2.45) is 0 Å². The molecular weight excluding hydrogens is 312 g/mol. The first-order valence-electron chi connectivity index (χ1n) is 8.97. The van der Waals surface area contributed by atoms with Crippen LogP contribution in [-0.4, -0.2) is 26.1 Å². The van der Waals surface area contributed by atoms with E-state index < -0.39 is 0 Å². The van der Waals surface area contributed by atoms with Crippen LogP contribution in [-0.2, 0) is 0 Å². The van der Waals surface area contributed by atoms with Crippen molar-refractivity contribution < 1.29 is 9.53 Å². The Kier molecular flexibility index (Phi) is 5.59. The topological polar surface area (TPSA) is 41.6 Å². The average Bonchev–Trinajstić information content (AvgIpc) is 2.68. The molecule has 0 aliphatic carbocycles. The van der Waals surface area contributed by atoms with Crippen LogP contribution in [0.4, 0.5) is 5.69 Å². The van der Waals surface area contributed by atoms with E-state index in [1.165, 1.54) is 24.9 Å². The summed E-state index contributed by atoms with van der Waals surface area (Å²) in [5.41, 5.74) is 2.96. The summed E-state index contributed by atoms with van der Waals surface area (Å²) in [6, 6.07) is 15.7. The van der Waals surface area contributed by atoms with Crippen LogP contribution in [0.25, 0.3) is 0 Å². The lowest BCUT2D eigenvalue weighted by Crippen LogP contribution is -2.29. The Labute approximate surface area is 149 Å². The molecule has 0 aromatic heterocycles. The van der Waals surface area contributed by atoms with Crippen molar-refractivity contribution in [3.63, 3.8) is 0 Å². The van der Waals surface area contributed by atoms with Crippen molar-refractivity contribution in [2.45, 2.75) is 32.2 Å². The highest BCUT2D eigenvalue weighted by Gasteiger charge is 2.14. The molecule has 1 atom stereocenters. The number of piperidine rings is 1. The number of methoxy groups -OCH3 is 1. The number of hydrogen-bond donors (Lipinski definition) is 1. The molecule has 1 fully saturated rings. The van der Waals surface area contributed by atoms with Gasteiger partial charge in [0, 0.05) is 24.3 Å². The third kappa shape index (κ3) is 4.32. The zero-order valence-electron chi connectivity index (χ0n) is 15.0. The van der Waals surface area contributed by atoms with Crippen LogP contribution in [0.5, 0.6) is 5.75 Å². The summed E-state index contributed by atoms with van der Waals surface area (Å²) < 4.78 is 5.17. The number of rotatable bonds is 5. The largest absolute Gasteiger partial charge is 0.497 e. The fourth-order valence-corrected chi connectivity index (χ4v) is 3.23. The molecule has 2 aromatic carbocycles. The normalized spacial score (nSPS) is 15.5. The van der Waals surface area contributed by atoms with Crippen LogP contribution < -0.4 is 15.0 Å². The van der Waals surface area contributed by atoms with E-state index >= 15 is 0 Å². The number of ether oxygens (including phenoxy) is 1. The van der Waals surface area contributed by atoms with Crippen LogP contribution in [0.3, 0.4) is 0 Å². The number of anilines is 1. The second-order valence-electron chi connectivity index (χ2n) is 6.56. The van der Waals surface area contributed by atoms with Gasteiger partial charge in [-0.25, -0.2) is 0 Å². The number of carbonyl (C=O) groups is 1. The van der Waals surface area contributed by atoms with E-state index in [9.17, 15) is 4.79 Å². The molecule has 1 N–H and O–H groups in total. The van der Waals surface area contributed by atoms with Crippen LogP contribution in [0.15, 0.2) is 48.5 Å². The van der Waals surface area contributed by atoms with Gasteiger partial charge in [-0.15, -0.1) is 0 Å². The Morgan fingerprint density at radius 2 is 1.64 bits per heavy atom. The van der Waals surface area contributed by atoms with Gasteiger partial charge < -0.3 is 15.0 Å². The molecule has 1 amide bonds. The summed E-state index contributed by atoms with van der Waals surface area (Å²) in [6.45, 7) is 4.21. The summed E-state index contributed by atoms with van der Waals surface area (Å²) >= 11 is 0. The van der Waals surface area contributed by atoms with Crippen molar-refractivity contribution in [1.29, 1.82) is 0 Å². The maximum absolute atomic E-state index is 12.5. The number of nitrogens with one attached hydrogen (secondary N) is 1. The van der Waals surface area contributed by atoms with E-state index in [0.717, 1.165) is 24.4 Å². The minimum atomic E-state index is -0.0554. The van der Waals surface area contributed by atoms with Gasteiger partial charge in [-0.2, -0.15) is 0 Å². The zero-order chi connectivity index (χ0) is 17.6. The maximum atomic E-state index is 12.5. The van der Waals surface area contributed by atoms with Crippen molar-refractivity contribution in [1.82, 2.24) is 5.32 Å². The monoisotopic (exact) mass is 338 g/mol. The highest BCUT2D eigenvalue weighted by Crippen LogP contribution is 2.21. The molecule has 4 heteroatoms. The van der Waals surface area contributed by atoms with Crippen LogP contribution >= 0.6 is 0 Å². The standard InChI is InChI=1S/C21H26N2O2/c1-16(17-8-12-20(25-2)13-9-17)22-21(24)18-6-10-19(11-7-18)23-14-4-3-5-15-23/h6-13,16H,3-5,14-15H2,1-2H3,(H,22,24)/t16-/m1/s1. The molecule has 0 radical (unpaired) electrons. The van der Waals surface area contributed by atoms with Crippen LogP contribution in [0.1, 0.15) is 48.1 Å². The third-order valence-electron chi connectivity index (χ3n) is 4.81. The van der Waals surface area contributed by atoms with E-state index in [1.807, 2.05) is 43.3 Å². The van der Waals surface area contributed by atoms with Gasteiger partial charge in [-0.05, 0) is 68.1 Å². The van der Waals surface area contributed by atoms with Gasteiger partial charge in [-0.1, -0.05) is 12.1 Å². The molecule has 3 rings (SSSR count). The van der Waals surface area contributed by atoms with Crippen molar-refractivity contribution in [3.8, 4) is 5.75 Å². The molecule has 0 unspecified atom stereocenters. The average molecular weight is 338 g/mol.